The van der Waals surface area contributed by atoms with Gasteiger partial charge >= 0.3 is 6.92 Å². The second kappa shape index (κ2) is 3.41. The minimum absolute atomic E-state index is 0.554. The molecule has 62 valence electrons. The van der Waals surface area contributed by atoms with Crippen LogP contribution in [0.15, 0.2) is 19.4 Å². The predicted octanol–water partition coefficient (Wildman–Crippen LogP) is 1.22. The van der Waals surface area contributed by atoms with Crippen molar-refractivity contribution in [3.8, 4) is 0 Å². The van der Waals surface area contributed by atoms with Crippen molar-refractivity contribution in [2.45, 2.75) is 6.82 Å². The van der Waals surface area contributed by atoms with E-state index in [2.05, 4.69) is 23.4 Å². The first-order valence-corrected chi connectivity index (χ1v) is 3.70. The third-order valence-electron chi connectivity index (χ3n) is 1.72. The van der Waals surface area contributed by atoms with Crippen LogP contribution >= 0.6 is 0 Å². The van der Waals surface area contributed by atoms with Crippen LogP contribution in [0.4, 0.5) is 0 Å². The minimum atomic E-state index is -0.554. The molecular formula is C8H11BN2O. The zero-order chi connectivity index (χ0) is 9.14. The molecule has 0 amide bonds. The summed E-state index contributed by atoms with van der Waals surface area (Å²) in [6.07, 6.45) is 3.28. The summed E-state index contributed by atoms with van der Waals surface area (Å²) < 4.78 is 0. The van der Waals surface area contributed by atoms with Gasteiger partial charge in [0.2, 0.25) is 0 Å². The quantitative estimate of drug-likeness (QED) is 0.656. The summed E-state index contributed by atoms with van der Waals surface area (Å²) >= 11 is 0. The smallest absolute Gasteiger partial charge is 0.320 e. The van der Waals surface area contributed by atoms with Gasteiger partial charge in [-0.1, -0.05) is 13.4 Å². The zero-order valence-corrected chi connectivity index (χ0v) is 7.04. The molecule has 3 nitrogen and oxygen atoms in total. The Kier molecular flexibility index (Phi) is 2.50. The molecule has 1 aromatic rings. The van der Waals surface area contributed by atoms with Crippen molar-refractivity contribution in [3.63, 3.8) is 0 Å². The van der Waals surface area contributed by atoms with E-state index in [0.717, 1.165) is 11.3 Å². The SMILES string of the molecule is C=Cc1[nH]ncc1C(=C)B(C)O. The van der Waals surface area contributed by atoms with Gasteiger partial charge in [0.25, 0.3) is 0 Å². The highest BCUT2D eigenvalue weighted by atomic mass is 16.2. The van der Waals surface area contributed by atoms with Gasteiger partial charge in [0.1, 0.15) is 0 Å². The molecule has 0 fully saturated rings. The molecule has 1 heterocycles. The van der Waals surface area contributed by atoms with Crippen LogP contribution in [-0.4, -0.2) is 22.1 Å². The molecule has 0 aliphatic heterocycles. The maximum absolute atomic E-state index is 9.24. The molecule has 0 radical (unpaired) electrons. The lowest BCUT2D eigenvalue weighted by Gasteiger charge is -2.02. The Labute approximate surface area is 71.9 Å². The van der Waals surface area contributed by atoms with Gasteiger partial charge in [-0.3, -0.25) is 5.10 Å². The highest BCUT2D eigenvalue weighted by Crippen LogP contribution is 2.17. The summed E-state index contributed by atoms with van der Waals surface area (Å²) in [6.45, 7) is 8.47. The molecule has 4 heteroatoms. The van der Waals surface area contributed by atoms with Gasteiger partial charge in [0.05, 0.1) is 11.9 Å². The first-order chi connectivity index (χ1) is 5.66. The number of nitrogens with one attached hydrogen (secondary N) is 1. The lowest BCUT2D eigenvalue weighted by molar-refractivity contribution is 0.595. The minimum Gasteiger partial charge on any atom is -0.446 e. The molecule has 0 atom stereocenters. The summed E-state index contributed by atoms with van der Waals surface area (Å²) in [6, 6.07) is 0. The van der Waals surface area contributed by atoms with E-state index in [-0.39, 0.29) is 0 Å². The largest absolute Gasteiger partial charge is 0.446 e. The van der Waals surface area contributed by atoms with Crippen LogP contribution in [-0.2, 0) is 0 Å². The maximum atomic E-state index is 9.24. The van der Waals surface area contributed by atoms with Crippen molar-refractivity contribution < 1.29 is 5.02 Å². The topological polar surface area (TPSA) is 48.9 Å². The van der Waals surface area contributed by atoms with Crippen LogP contribution in [0.25, 0.3) is 11.5 Å². The second-order valence-electron chi connectivity index (χ2n) is 2.60. The number of aromatic amines is 1. The van der Waals surface area contributed by atoms with E-state index in [1.807, 2.05) is 0 Å². The van der Waals surface area contributed by atoms with E-state index in [1.54, 1.807) is 19.1 Å². The monoisotopic (exact) mass is 162 g/mol. The van der Waals surface area contributed by atoms with E-state index in [1.165, 1.54) is 0 Å². The Morgan fingerprint density at radius 3 is 3.00 bits per heavy atom. The Morgan fingerprint density at radius 2 is 2.50 bits per heavy atom. The number of hydrogen-bond donors (Lipinski definition) is 2. The molecule has 0 saturated carbocycles. The molecule has 2 N–H and O–H groups in total. The van der Waals surface area contributed by atoms with Crippen molar-refractivity contribution in [2.24, 2.45) is 0 Å². The number of nitrogens with zero attached hydrogens (tertiary/aromatic N) is 1. The molecule has 1 aromatic heterocycles. The Hall–Kier alpha value is -1.29. The second-order valence-corrected chi connectivity index (χ2v) is 2.60. The molecule has 0 bridgehead atoms. The molecule has 0 unspecified atom stereocenters. The number of rotatable bonds is 3. The van der Waals surface area contributed by atoms with Crippen molar-refractivity contribution in [1.29, 1.82) is 0 Å². The normalized spacial score (nSPS) is 9.50. The lowest BCUT2D eigenvalue weighted by Crippen LogP contribution is -2.08. The van der Waals surface area contributed by atoms with Crippen molar-refractivity contribution >= 4 is 18.5 Å². The van der Waals surface area contributed by atoms with Gasteiger partial charge in [0, 0.05) is 5.56 Å². The number of H-pyrrole nitrogens is 1. The third kappa shape index (κ3) is 1.48. The van der Waals surface area contributed by atoms with Gasteiger partial charge in [-0.15, -0.1) is 6.58 Å². The maximum Gasteiger partial charge on any atom is 0.320 e. The van der Waals surface area contributed by atoms with E-state index >= 15 is 0 Å². The van der Waals surface area contributed by atoms with Crippen molar-refractivity contribution in [1.82, 2.24) is 10.2 Å². The lowest BCUT2D eigenvalue weighted by atomic mass is 9.62. The highest BCUT2D eigenvalue weighted by molar-refractivity contribution is 6.71. The van der Waals surface area contributed by atoms with Crippen LogP contribution in [0.5, 0.6) is 0 Å². The average molecular weight is 162 g/mol. The van der Waals surface area contributed by atoms with Crippen LogP contribution in [0.1, 0.15) is 11.3 Å². The molecule has 0 aliphatic rings. The molecule has 12 heavy (non-hydrogen) atoms. The Bertz CT molecular complexity index is 304. The zero-order valence-electron chi connectivity index (χ0n) is 7.04. The predicted molar refractivity (Wildman–Crippen MR) is 51.5 cm³/mol. The van der Waals surface area contributed by atoms with E-state index in [9.17, 15) is 5.02 Å². The molecule has 0 spiro atoms. The summed E-state index contributed by atoms with van der Waals surface area (Å²) in [5.74, 6) is 0. The van der Waals surface area contributed by atoms with E-state index in [0.29, 0.717) is 5.47 Å². The van der Waals surface area contributed by atoms with Crippen molar-refractivity contribution in [3.05, 3.63) is 30.6 Å². The molecular weight excluding hydrogens is 151 g/mol. The Morgan fingerprint density at radius 1 is 1.83 bits per heavy atom. The summed E-state index contributed by atoms with van der Waals surface area (Å²) in [7, 11) is 0. The molecule has 1 rings (SSSR count). The van der Waals surface area contributed by atoms with Gasteiger partial charge < -0.3 is 5.02 Å². The summed E-state index contributed by atoms with van der Waals surface area (Å²) in [5.41, 5.74) is 2.26. The van der Waals surface area contributed by atoms with Crippen LogP contribution in [0, 0.1) is 0 Å². The van der Waals surface area contributed by atoms with Crippen molar-refractivity contribution in [2.75, 3.05) is 0 Å². The fraction of sp³-hybridized carbons (Fsp3) is 0.125. The average Bonchev–Trinajstić information content (AvgIpc) is 2.49. The van der Waals surface area contributed by atoms with Crippen LogP contribution in [0.2, 0.25) is 6.82 Å². The first-order valence-electron chi connectivity index (χ1n) is 3.70. The molecule has 0 aliphatic carbocycles. The highest BCUT2D eigenvalue weighted by Gasteiger charge is 2.13. The van der Waals surface area contributed by atoms with Gasteiger partial charge in [-0.2, -0.15) is 5.10 Å². The third-order valence-corrected chi connectivity index (χ3v) is 1.72. The molecule has 0 saturated heterocycles. The summed E-state index contributed by atoms with van der Waals surface area (Å²) in [5, 5.41) is 15.8. The Balaban J connectivity index is 3.01. The van der Waals surface area contributed by atoms with Crippen LogP contribution < -0.4 is 0 Å². The van der Waals surface area contributed by atoms with E-state index < -0.39 is 6.92 Å². The molecule has 0 aromatic carbocycles. The fourth-order valence-corrected chi connectivity index (χ4v) is 0.933. The van der Waals surface area contributed by atoms with Gasteiger partial charge in [0.15, 0.2) is 0 Å². The van der Waals surface area contributed by atoms with Gasteiger partial charge in [-0.05, 0) is 11.5 Å². The summed E-state index contributed by atoms with van der Waals surface area (Å²) in [4.78, 5) is 0. The number of aromatic nitrogens is 2. The number of hydrogen-bond acceptors (Lipinski definition) is 2. The fourth-order valence-electron chi connectivity index (χ4n) is 0.933. The van der Waals surface area contributed by atoms with E-state index in [4.69, 9.17) is 0 Å². The van der Waals surface area contributed by atoms with Crippen LogP contribution in [0.3, 0.4) is 0 Å². The standard InChI is InChI=1S/C8H11BN2O/c1-4-8-7(5-10-11-8)6(2)9(3)12/h4-5,12H,1-2H2,3H3,(H,10,11). The first kappa shape index (κ1) is 8.81. The van der Waals surface area contributed by atoms with Gasteiger partial charge in [-0.25, -0.2) is 0 Å².